The first-order valence-electron chi connectivity index (χ1n) is 8.42. The van der Waals surface area contributed by atoms with E-state index in [0.717, 1.165) is 28.8 Å². The highest BCUT2D eigenvalue weighted by molar-refractivity contribution is 5.77. The highest BCUT2D eigenvalue weighted by atomic mass is 16.5. The molecular weight excluding hydrogens is 274 g/mol. The number of allylic oxidation sites excluding steroid dienone is 1. The molecule has 114 valence electrons. The summed E-state index contributed by atoms with van der Waals surface area (Å²) in [7, 11) is 1.78. The van der Waals surface area contributed by atoms with E-state index in [4.69, 9.17) is 4.74 Å². The second-order valence-electron chi connectivity index (χ2n) is 7.26. The van der Waals surface area contributed by atoms with Crippen LogP contribution >= 0.6 is 0 Å². The highest BCUT2D eigenvalue weighted by Crippen LogP contribution is 2.57. The van der Waals surface area contributed by atoms with Crippen LogP contribution in [0.3, 0.4) is 0 Å². The van der Waals surface area contributed by atoms with Crippen LogP contribution in [-0.2, 0) is 4.74 Å². The molecule has 4 fully saturated rings. The molecule has 22 heavy (non-hydrogen) atoms. The predicted octanol–water partition coefficient (Wildman–Crippen LogP) is 3.70. The Morgan fingerprint density at radius 1 is 1.05 bits per heavy atom. The zero-order chi connectivity index (χ0) is 14.7. The molecule has 0 unspecified atom stereocenters. The minimum absolute atomic E-state index is 0.703. The first-order chi connectivity index (χ1) is 10.8. The SMILES string of the molecule is COC(=C1C2CC3CC(C2)CC1C3)n1nnc2ccccc21. The molecular formula is C18H21N3O. The number of rotatable bonds is 2. The molecule has 0 N–H and O–H groups in total. The molecule has 0 atom stereocenters. The standard InChI is InChI=1S/C18H21N3O/c1-22-18(21-16-5-3-2-4-15(16)19-20-21)17-13-7-11-6-12(9-13)10-14(17)8-11/h2-5,11-14H,6-10H2,1H3. The van der Waals surface area contributed by atoms with E-state index in [2.05, 4.69) is 16.4 Å². The van der Waals surface area contributed by atoms with Gasteiger partial charge in [-0.05, 0) is 73.5 Å². The lowest BCUT2D eigenvalue weighted by Crippen LogP contribution is -2.41. The van der Waals surface area contributed by atoms with Crippen LogP contribution in [0.2, 0.25) is 0 Å². The smallest absolute Gasteiger partial charge is 0.215 e. The molecule has 0 aliphatic heterocycles. The van der Waals surface area contributed by atoms with E-state index in [1.807, 2.05) is 22.9 Å². The Kier molecular flexibility index (Phi) is 2.64. The maximum atomic E-state index is 5.87. The fourth-order valence-corrected chi connectivity index (χ4v) is 5.39. The maximum Gasteiger partial charge on any atom is 0.215 e. The van der Waals surface area contributed by atoms with Crippen LogP contribution in [-0.4, -0.2) is 22.1 Å². The number of fused-ring (bicyclic) bond motifs is 1. The topological polar surface area (TPSA) is 39.9 Å². The summed E-state index contributed by atoms with van der Waals surface area (Å²) in [4.78, 5) is 0. The van der Waals surface area contributed by atoms with Gasteiger partial charge in [-0.25, -0.2) is 0 Å². The van der Waals surface area contributed by atoms with Crippen molar-refractivity contribution in [2.45, 2.75) is 32.1 Å². The zero-order valence-electron chi connectivity index (χ0n) is 12.9. The van der Waals surface area contributed by atoms with E-state index in [1.54, 1.807) is 7.11 Å². The van der Waals surface area contributed by atoms with Crippen molar-refractivity contribution in [3.63, 3.8) is 0 Å². The van der Waals surface area contributed by atoms with Gasteiger partial charge in [-0.1, -0.05) is 17.3 Å². The van der Waals surface area contributed by atoms with Crippen LogP contribution in [0.25, 0.3) is 16.9 Å². The monoisotopic (exact) mass is 295 g/mol. The average Bonchev–Trinajstić information content (AvgIpc) is 2.94. The van der Waals surface area contributed by atoms with Crippen LogP contribution in [0.5, 0.6) is 0 Å². The summed E-state index contributed by atoms with van der Waals surface area (Å²) >= 11 is 0. The Bertz CT molecular complexity index is 731. The predicted molar refractivity (Wildman–Crippen MR) is 84.8 cm³/mol. The lowest BCUT2D eigenvalue weighted by atomic mass is 9.54. The van der Waals surface area contributed by atoms with Gasteiger partial charge < -0.3 is 4.74 Å². The molecule has 4 heteroatoms. The van der Waals surface area contributed by atoms with Crippen LogP contribution in [0.15, 0.2) is 29.8 Å². The Morgan fingerprint density at radius 3 is 2.41 bits per heavy atom. The van der Waals surface area contributed by atoms with Crippen molar-refractivity contribution in [1.29, 1.82) is 0 Å². The number of hydrogen-bond acceptors (Lipinski definition) is 3. The Morgan fingerprint density at radius 2 is 1.73 bits per heavy atom. The van der Waals surface area contributed by atoms with E-state index in [0.29, 0.717) is 11.8 Å². The van der Waals surface area contributed by atoms with Gasteiger partial charge >= 0.3 is 0 Å². The summed E-state index contributed by atoms with van der Waals surface area (Å²) in [6.45, 7) is 0. The molecule has 6 rings (SSSR count). The third-order valence-corrected chi connectivity index (χ3v) is 6.00. The fraction of sp³-hybridized carbons (Fsp3) is 0.556. The molecule has 4 nitrogen and oxygen atoms in total. The quantitative estimate of drug-likeness (QED) is 0.793. The maximum absolute atomic E-state index is 5.87. The van der Waals surface area contributed by atoms with Gasteiger partial charge in [0.15, 0.2) is 0 Å². The number of nitrogens with zero attached hydrogens (tertiary/aromatic N) is 3. The minimum atomic E-state index is 0.703. The van der Waals surface area contributed by atoms with E-state index < -0.39 is 0 Å². The fourth-order valence-electron chi connectivity index (χ4n) is 5.39. The van der Waals surface area contributed by atoms with Crippen molar-refractivity contribution in [3.05, 3.63) is 29.8 Å². The van der Waals surface area contributed by atoms with Gasteiger partial charge in [-0.3, -0.25) is 0 Å². The molecule has 1 heterocycles. The first kappa shape index (κ1) is 12.7. The Labute approximate surface area is 130 Å². The van der Waals surface area contributed by atoms with Crippen molar-refractivity contribution < 1.29 is 4.74 Å². The van der Waals surface area contributed by atoms with Crippen molar-refractivity contribution in [1.82, 2.24) is 15.0 Å². The third kappa shape index (κ3) is 1.70. The Hall–Kier alpha value is -1.84. The molecule has 1 aromatic heterocycles. The molecule has 4 saturated carbocycles. The summed E-state index contributed by atoms with van der Waals surface area (Å²) in [5.41, 5.74) is 3.49. The van der Waals surface area contributed by atoms with Crippen LogP contribution in [0, 0.1) is 23.7 Å². The van der Waals surface area contributed by atoms with Crippen LogP contribution < -0.4 is 0 Å². The van der Waals surface area contributed by atoms with Crippen molar-refractivity contribution in [2.24, 2.45) is 23.7 Å². The molecule has 0 radical (unpaired) electrons. The van der Waals surface area contributed by atoms with Crippen molar-refractivity contribution in [2.75, 3.05) is 7.11 Å². The van der Waals surface area contributed by atoms with Gasteiger partial charge in [-0.15, -0.1) is 5.10 Å². The van der Waals surface area contributed by atoms with Crippen molar-refractivity contribution >= 4 is 16.9 Å². The lowest BCUT2D eigenvalue weighted by molar-refractivity contribution is 0.0662. The normalized spacial score (nSPS) is 32.7. The van der Waals surface area contributed by atoms with E-state index in [9.17, 15) is 0 Å². The van der Waals surface area contributed by atoms with Gasteiger partial charge in [-0.2, -0.15) is 4.68 Å². The van der Waals surface area contributed by atoms with Gasteiger partial charge in [0.2, 0.25) is 5.88 Å². The van der Waals surface area contributed by atoms with Crippen LogP contribution in [0.4, 0.5) is 0 Å². The minimum Gasteiger partial charge on any atom is -0.481 e. The number of hydrogen-bond donors (Lipinski definition) is 0. The summed E-state index contributed by atoms with van der Waals surface area (Å²) in [5.74, 6) is 4.26. The average molecular weight is 295 g/mol. The molecule has 4 bridgehead atoms. The second-order valence-corrected chi connectivity index (χ2v) is 7.26. The lowest BCUT2D eigenvalue weighted by Gasteiger charge is -2.51. The molecule has 4 aliphatic carbocycles. The Balaban J connectivity index is 1.68. The number of ether oxygens (including phenoxy) is 1. The first-order valence-corrected chi connectivity index (χ1v) is 8.42. The van der Waals surface area contributed by atoms with Gasteiger partial charge in [0.05, 0.1) is 12.6 Å². The van der Waals surface area contributed by atoms with Gasteiger partial charge in [0.1, 0.15) is 5.52 Å². The van der Waals surface area contributed by atoms with Gasteiger partial charge in [0, 0.05) is 0 Å². The van der Waals surface area contributed by atoms with E-state index in [1.165, 1.54) is 37.7 Å². The number of aromatic nitrogens is 3. The van der Waals surface area contributed by atoms with Gasteiger partial charge in [0.25, 0.3) is 0 Å². The second kappa shape index (κ2) is 4.58. The molecule has 0 amide bonds. The number of para-hydroxylation sites is 1. The summed E-state index contributed by atoms with van der Waals surface area (Å²) in [6, 6.07) is 8.12. The number of benzene rings is 1. The van der Waals surface area contributed by atoms with Crippen molar-refractivity contribution in [3.8, 4) is 0 Å². The van der Waals surface area contributed by atoms with E-state index in [-0.39, 0.29) is 0 Å². The van der Waals surface area contributed by atoms with E-state index >= 15 is 0 Å². The summed E-state index contributed by atoms with van der Waals surface area (Å²) in [6.07, 6.45) is 6.86. The third-order valence-electron chi connectivity index (χ3n) is 6.00. The molecule has 0 saturated heterocycles. The number of methoxy groups -OCH3 is 1. The highest BCUT2D eigenvalue weighted by Gasteiger charge is 2.47. The van der Waals surface area contributed by atoms with Crippen LogP contribution in [0.1, 0.15) is 32.1 Å². The summed E-state index contributed by atoms with van der Waals surface area (Å²) in [5, 5.41) is 8.68. The summed E-state index contributed by atoms with van der Waals surface area (Å²) < 4.78 is 7.79. The molecule has 0 spiro atoms. The molecule has 1 aromatic carbocycles. The molecule has 4 aliphatic rings. The largest absolute Gasteiger partial charge is 0.481 e. The molecule has 2 aromatic rings. The zero-order valence-corrected chi connectivity index (χ0v) is 12.9.